The number of anilines is 2. The third kappa shape index (κ3) is 3.42. The predicted molar refractivity (Wildman–Crippen MR) is 90.7 cm³/mol. The largest absolute Gasteiger partial charge is 0.370 e. The van der Waals surface area contributed by atoms with Gasteiger partial charge in [-0.15, -0.1) is 0 Å². The number of benzene rings is 1. The van der Waals surface area contributed by atoms with Crippen molar-refractivity contribution in [1.82, 2.24) is 9.97 Å². The van der Waals surface area contributed by atoms with Crippen LogP contribution in [0.4, 0.5) is 20.4 Å². The number of aromatic nitrogens is 2. The summed E-state index contributed by atoms with van der Waals surface area (Å²) in [6, 6.07) is 5.92. The Labute approximate surface area is 145 Å². The SMILES string of the molecule is Fc1ccc(C2CN(c3cc(N4CCCC4)ncn3)CCO2)cc1F. The third-order valence-electron chi connectivity index (χ3n) is 4.77. The van der Waals surface area contributed by atoms with Crippen molar-refractivity contribution in [3.05, 3.63) is 47.8 Å². The van der Waals surface area contributed by atoms with E-state index in [0.29, 0.717) is 25.3 Å². The maximum Gasteiger partial charge on any atom is 0.159 e. The zero-order chi connectivity index (χ0) is 17.2. The first-order valence-corrected chi connectivity index (χ1v) is 8.59. The fourth-order valence-electron chi connectivity index (χ4n) is 3.40. The Morgan fingerprint density at radius 3 is 2.44 bits per heavy atom. The lowest BCUT2D eigenvalue weighted by atomic mass is 10.1. The maximum absolute atomic E-state index is 13.5. The molecule has 2 aromatic rings. The molecule has 0 saturated carbocycles. The van der Waals surface area contributed by atoms with Gasteiger partial charge in [0.05, 0.1) is 6.61 Å². The number of ether oxygens (including phenoxy) is 1. The minimum absolute atomic E-state index is 0.311. The van der Waals surface area contributed by atoms with E-state index in [9.17, 15) is 8.78 Å². The fourth-order valence-corrected chi connectivity index (χ4v) is 3.40. The van der Waals surface area contributed by atoms with Gasteiger partial charge in [0.2, 0.25) is 0 Å². The summed E-state index contributed by atoms with van der Waals surface area (Å²) in [4.78, 5) is 13.1. The van der Waals surface area contributed by atoms with Crippen molar-refractivity contribution in [1.29, 1.82) is 0 Å². The molecule has 1 atom stereocenters. The number of morpholine rings is 1. The Morgan fingerprint density at radius 1 is 0.920 bits per heavy atom. The second-order valence-corrected chi connectivity index (χ2v) is 6.41. The molecule has 4 rings (SSSR count). The van der Waals surface area contributed by atoms with Gasteiger partial charge in [-0.25, -0.2) is 18.7 Å². The summed E-state index contributed by atoms with van der Waals surface area (Å²) in [7, 11) is 0. The van der Waals surface area contributed by atoms with E-state index in [1.165, 1.54) is 18.9 Å². The van der Waals surface area contributed by atoms with Gasteiger partial charge < -0.3 is 14.5 Å². The van der Waals surface area contributed by atoms with Gasteiger partial charge in [-0.1, -0.05) is 6.07 Å². The lowest BCUT2D eigenvalue weighted by Gasteiger charge is -2.34. The molecule has 2 fully saturated rings. The van der Waals surface area contributed by atoms with E-state index in [1.54, 1.807) is 12.4 Å². The first kappa shape index (κ1) is 16.2. The van der Waals surface area contributed by atoms with Crippen molar-refractivity contribution < 1.29 is 13.5 Å². The van der Waals surface area contributed by atoms with Crippen molar-refractivity contribution in [2.75, 3.05) is 42.6 Å². The smallest absolute Gasteiger partial charge is 0.159 e. The van der Waals surface area contributed by atoms with Crippen LogP contribution >= 0.6 is 0 Å². The minimum Gasteiger partial charge on any atom is -0.370 e. The molecular formula is C18H20F2N4O. The quantitative estimate of drug-likeness (QED) is 0.855. The average molecular weight is 346 g/mol. The topological polar surface area (TPSA) is 41.5 Å². The van der Waals surface area contributed by atoms with Crippen LogP contribution < -0.4 is 9.80 Å². The van der Waals surface area contributed by atoms with Crippen molar-refractivity contribution in [3.63, 3.8) is 0 Å². The number of nitrogens with zero attached hydrogens (tertiary/aromatic N) is 4. The van der Waals surface area contributed by atoms with Crippen LogP contribution in [0.25, 0.3) is 0 Å². The molecule has 0 bridgehead atoms. The van der Waals surface area contributed by atoms with E-state index in [4.69, 9.17) is 4.74 Å². The first-order chi connectivity index (χ1) is 12.2. The van der Waals surface area contributed by atoms with E-state index in [2.05, 4.69) is 19.8 Å². The highest BCUT2D eigenvalue weighted by Crippen LogP contribution is 2.28. The van der Waals surface area contributed by atoms with Gasteiger partial charge in [-0.3, -0.25) is 0 Å². The summed E-state index contributed by atoms with van der Waals surface area (Å²) in [5.41, 5.74) is 0.637. The van der Waals surface area contributed by atoms with Crippen LogP contribution in [0.2, 0.25) is 0 Å². The summed E-state index contributed by atoms with van der Waals surface area (Å²) >= 11 is 0. The molecule has 3 heterocycles. The standard InChI is InChI=1S/C18H20F2N4O/c19-14-4-3-13(9-15(14)20)16-11-24(7-8-25-16)18-10-17(21-12-22-18)23-5-1-2-6-23/h3-4,9-10,12,16H,1-2,5-8,11H2. The highest BCUT2D eigenvalue weighted by Gasteiger charge is 2.25. The van der Waals surface area contributed by atoms with Gasteiger partial charge in [0.15, 0.2) is 11.6 Å². The number of hydrogen-bond donors (Lipinski definition) is 0. The first-order valence-electron chi connectivity index (χ1n) is 8.59. The van der Waals surface area contributed by atoms with Crippen LogP contribution in [0.3, 0.4) is 0 Å². The Morgan fingerprint density at radius 2 is 1.68 bits per heavy atom. The van der Waals surface area contributed by atoms with Crippen molar-refractivity contribution in [2.45, 2.75) is 18.9 Å². The van der Waals surface area contributed by atoms with E-state index in [0.717, 1.165) is 30.8 Å². The van der Waals surface area contributed by atoms with Crippen LogP contribution in [-0.4, -0.2) is 42.8 Å². The molecular weight excluding hydrogens is 326 g/mol. The second-order valence-electron chi connectivity index (χ2n) is 6.41. The van der Waals surface area contributed by atoms with Crippen molar-refractivity contribution in [2.24, 2.45) is 0 Å². The Hall–Kier alpha value is -2.28. The summed E-state index contributed by atoms with van der Waals surface area (Å²) < 4.78 is 32.4. The van der Waals surface area contributed by atoms with Crippen LogP contribution in [-0.2, 0) is 4.74 Å². The Balaban J connectivity index is 1.52. The average Bonchev–Trinajstić information content (AvgIpc) is 3.19. The minimum atomic E-state index is -0.850. The van der Waals surface area contributed by atoms with Crippen molar-refractivity contribution >= 4 is 11.6 Å². The number of halogens is 2. The molecule has 7 heteroatoms. The van der Waals surface area contributed by atoms with Gasteiger partial charge in [0.25, 0.3) is 0 Å². The monoisotopic (exact) mass is 346 g/mol. The Bertz CT molecular complexity index is 752. The molecule has 132 valence electrons. The van der Waals surface area contributed by atoms with Crippen molar-refractivity contribution in [3.8, 4) is 0 Å². The Kier molecular flexibility index (Phi) is 4.48. The van der Waals surface area contributed by atoms with Gasteiger partial charge in [0, 0.05) is 32.2 Å². The van der Waals surface area contributed by atoms with Crippen LogP contribution in [0.15, 0.2) is 30.6 Å². The lowest BCUT2D eigenvalue weighted by molar-refractivity contribution is 0.0392. The summed E-state index contributed by atoms with van der Waals surface area (Å²) in [5.74, 6) is 0.0882. The van der Waals surface area contributed by atoms with Gasteiger partial charge in [-0.05, 0) is 30.5 Å². The van der Waals surface area contributed by atoms with Crippen LogP contribution in [0, 0.1) is 11.6 Å². The molecule has 1 aromatic heterocycles. The zero-order valence-corrected chi connectivity index (χ0v) is 13.9. The molecule has 0 N–H and O–H groups in total. The molecule has 2 aliphatic rings. The highest BCUT2D eigenvalue weighted by atomic mass is 19.2. The van der Waals surface area contributed by atoms with E-state index in [1.807, 2.05) is 6.07 Å². The van der Waals surface area contributed by atoms with Gasteiger partial charge in [0.1, 0.15) is 24.1 Å². The molecule has 2 saturated heterocycles. The summed E-state index contributed by atoms with van der Waals surface area (Å²) in [6.07, 6.45) is 3.66. The van der Waals surface area contributed by atoms with Crippen LogP contribution in [0.5, 0.6) is 0 Å². The fraction of sp³-hybridized carbons (Fsp3) is 0.444. The molecule has 0 aliphatic carbocycles. The van der Waals surface area contributed by atoms with E-state index < -0.39 is 11.6 Å². The maximum atomic E-state index is 13.5. The highest BCUT2D eigenvalue weighted by molar-refractivity contribution is 5.51. The van der Waals surface area contributed by atoms with E-state index in [-0.39, 0.29) is 6.10 Å². The molecule has 1 aromatic carbocycles. The molecule has 1 unspecified atom stereocenters. The van der Waals surface area contributed by atoms with Gasteiger partial charge in [-0.2, -0.15) is 0 Å². The number of rotatable bonds is 3. The normalized spacial score (nSPS) is 21.0. The third-order valence-corrected chi connectivity index (χ3v) is 4.77. The number of hydrogen-bond acceptors (Lipinski definition) is 5. The molecule has 0 radical (unpaired) electrons. The second kappa shape index (κ2) is 6.92. The molecule has 25 heavy (non-hydrogen) atoms. The summed E-state index contributed by atoms with van der Waals surface area (Å²) in [5, 5.41) is 0. The molecule has 0 spiro atoms. The van der Waals surface area contributed by atoms with E-state index >= 15 is 0 Å². The summed E-state index contributed by atoms with van der Waals surface area (Å²) in [6.45, 7) is 3.80. The molecule has 5 nitrogen and oxygen atoms in total. The van der Waals surface area contributed by atoms with Gasteiger partial charge >= 0.3 is 0 Å². The predicted octanol–water partition coefficient (Wildman–Crippen LogP) is 2.93. The molecule has 0 amide bonds. The lowest BCUT2D eigenvalue weighted by Crippen LogP contribution is -2.39. The zero-order valence-electron chi connectivity index (χ0n) is 13.9. The molecule has 2 aliphatic heterocycles. The van der Waals surface area contributed by atoms with Crippen LogP contribution in [0.1, 0.15) is 24.5 Å².